The van der Waals surface area contributed by atoms with Gasteiger partial charge in [0.2, 0.25) is 15.9 Å². The van der Waals surface area contributed by atoms with E-state index in [0.717, 1.165) is 51.7 Å². The molecule has 0 unspecified atom stereocenters. The Morgan fingerprint density at radius 2 is 1.68 bits per heavy atom. The van der Waals surface area contributed by atoms with Gasteiger partial charge in [-0.3, -0.25) is 9.69 Å². The quantitative estimate of drug-likeness (QED) is 0.641. The van der Waals surface area contributed by atoms with Crippen LogP contribution in [0.3, 0.4) is 0 Å². The SMILES string of the molecule is COc1ccc(S(=O)(=O)N2CCCCC2)cc1NC(=O)C1CCN(Cc2ccc(C)cc2)CC1. The lowest BCUT2D eigenvalue weighted by molar-refractivity contribution is -0.121. The minimum atomic E-state index is -3.59. The minimum absolute atomic E-state index is 0.0826. The van der Waals surface area contributed by atoms with Crippen molar-refractivity contribution >= 4 is 21.6 Å². The third kappa shape index (κ3) is 5.79. The van der Waals surface area contributed by atoms with Crippen LogP contribution in [0.1, 0.15) is 43.2 Å². The summed E-state index contributed by atoms with van der Waals surface area (Å²) in [6, 6.07) is 13.3. The van der Waals surface area contributed by atoms with Crippen molar-refractivity contribution in [2.45, 2.75) is 50.5 Å². The Kier molecular flexibility index (Phi) is 7.91. The highest BCUT2D eigenvalue weighted by Crippen LogP contribution is 2.31. The molecule has 1 N–H and O–H groups in total. The predicted molar refractivity (Wildman–Crippen MR) is 133 cm³/mol. The Morgan fingerprint density at radius 1 is 1.00 bits per heavy atom. The first kappa shape index (κ1) is 24.7. The maximum absolute atomic E-state index is 13.1. The van der Waals surface area contributed by atoms with Crippen LogP contribution >= 0.6 is 0 Å². The van der Waals surface area contributed by atoms with E-state index in [0.29, 0.717) is 24.5 Å². The molecule has 0 aliphatic carbocycles. The lowest BCUT2D eigenvalue weighted by atomic mass is 9.95. The standard InChI is InChI=1S/C26H35N3O4S/c1-20-6-8-21(9-7-20)19-28-16-12-22(13-17-28)26(30)27-24-18-23(10-11-25(24)33-2)34(31,32)29-14-4-3-5-15-29/h6-11,18,22H,3-5,12-17,19H2,1-2H3,(H,27,30). The largest absolute Gasteiger partial charge is 0.495 e. The van der Waals surface area contributed by atoms with E-state index >= 15 is 0 Å². The van der Waals surface area contributed by atoms with Crippen molar-refractivity contribution in [2.24, 2.45) is 5.92 Å². The van der Waals surface area contributed by atoms with Crippen molar-refractivity contribution in [3.8, 4) is 5.75 Å². The van der Waals surface area contributed by atoms with Gasteiger partial charge in [0.05, 0.1) is 17.7 Å². The number of amides is 1. The van der Waals surface area contributed by atoms with E-state index in [4.69, 9.17) is 4.74 Å². The van der Waals surface area contributed by atoms with E-state index < -0.39 is 10.0 Å². The van der Waals surface area contributed by atoms with Crippen LogP contribution < -0.4 is 10.1 Å². The zero-order chi connectivity index (χ0) is 24.1. The number of rotatable bonds is 7. The van der Waals surface area contributed by atoms with Gasteiger partial charge in [0.25, 0.3) is 0 Å². The molecule has 0 aromatic heterocycles. The molecule has 0 spiro atoms. The molecule has 2 aromatic carbocycles. The van der Waals surface area contributed by atoms with Gasteiger partial charge in [0.15, 0.2) is 0 Å². The number of benzene rings is 2. The van der Waals surface area contributed by atoms with Crippen molar-refractivity contribution in [1.82, 2.24) is 9.21 Å². The van der Waals surface area contributed by atoms with Gasteiger partial charge in [-0.05, 0) is 69.5 Å². The fraction of sp³-hybridized carbons (Fsp3) is 0.500. The Morgan fingerprint density at radius 3 is 2.32 bits per heavy atom. The molecule has 2 heterocycles. The molecule has 0 bridgehead atoms. The number of aryl methyl sites for hydroxylation is 1. The van der Waals surface area contributed by atoms with Crippen molar-refractivity contribution < 1.29 is 17.9 Å². The molecule has 0 atom stereocenters. The monoisotopic (exact) mass is 485 g/mol. The summed E-state index contributed by atoms with van der Waals surface area (Å²) in [4.78, 5) is 15.6. The van der Waals surface area contributed by atoms with Gasteiger partial charge in [-0.1, -0.05) is 36.2 Å². The molecule has 1 amide bonds. The number of piperidine rings is 2. The summed E-state index contributed by atoms with van der Waals surface area (Å²) in [6.07, 6.45) is 4.35. The molecule has 2 saturated heterocycles. The molecule has 0 radical (unpaired) electrons. The lowest BCUT2D eigenvalue weighted by Gasteiger charge is -2.31. The molecule has 2 aliphatic heterocycles. The van der Waals surface area contributed by atoms with Crippen LogP contribution in [-0.4, -0.2) is 56.8 Å². The van der Waals surface area contributed by atoms with Crippen molar-refractivity contribution in [3.63, 3.8) is 0 Å². The van der Waals surface area contributed by atoms with Crippen molar-refractivity contribution in [2.75, 3.05) is 38.6 Å². The molecule has 2 aromatic rings. The summed E-state index contributed by atoms with van der Waals surface area (Å²) in [5.41, 5.74) is 2.94. The Hall–Kier alpha value is -2.42. The van der Waals surface area contributed by atoms with E-state index in [2.05, 4.69) is 41.4 Å². The number of sulfonamides is 1. The fourth-order valence-electron chi connectivity index (χ4n) is 4.74. The molecule has 2 fully saturated rings. The lowest BCUT2D eigenvalue weighted by Crippen LogP contribution is -2.38. The van der Waals surface area contributed by atoms with Gasteiger partial charge in [0.1, 0.15) is 5.75 Å². The van der Waals surface area contributed by atoms with E-state index in [1.807, 2.05) is 0 Å². The molecule has 2 aliphatic rings. The maximum Gasteiger partial charge on any atom is 0.243 e. The average Bonchev–Trinajstić information content (AvgIpc) is 2.86. The summed E-state index contributed by atoms with van der Waals surface area (Å²) in [7, 11) is -2.07. The third-order valence-corrected chi connectivity index (χ3v) is 8.76. The Labute approximate surface area is 203 Å². The number of likely N-dealkylation sites (tertiary alicyclic amines) is 1. The van der Waals surface area contributed by atoms with Crippen LogP contribution in [0.4, 0.5) is 5.69 Å². The van der Waals surface area contributed by atoms with Crippen LogP contribution in [0, 0.1) is 12.8 Å². The van der Waals surface area contributed by atoms with Crippen molar-refractivity contribution in [1.29, 1.82) is 0 Å². The van der Waals surface area contributed by atoms with Gasteiger partial charge in [-0.2, -0.15) is 4.31 Å². The van der Waals surface area contributed by atoms with Gasteiger partial charge >= 0.3 is 0 Å². The number of methoxy groups -OCH3 is 1. The van der Waals surface area contributed by atoms with Gasteiger partial charge in [-0.15, -0.1) is 0 Å². The number of hydrogen-bond donors (Lipinski definition) is 1. The maximum atomic E-state index is 13.1. The first-order valence-electron chi connectivity index (χ1n) is 12.1. The van der Waals surface area contributed by atoms with Crippen LogP contribution in [-0.2, 0) is 21.4 Å². The van der Waals surface area contributed by atoms with E-state index in [-0.39, 0.29) is 16.7 Å². The van der Waals surface area contributed by atoms with Crippen molar-refractivity contribution in [3.05, 3.63) is 53.6 Å². The highest BCUT2D eigenvalue weighted by Gasteiger charge is 2.29. The number of carbonyl (C=O) groups is 1. The number of hydrogen-bond acceptors (Lipinski definition) is 5. The van der Waals surface area contributed by atoms with Crippen LogP contribution in [0.25, 0.3) is 0 Å². The van der Waals surface area contributed by atoms with E-state index in [1.54, 1.807) is 12.1 Å². The van der Waals surface area contributed by atoms with Gasteiger partial charge in [-0.25, -0.2) is 8.42 Å². The number of nitrogens with one attached hydrogen (secondary N) is 1. The normalized spacial score (nSPS) is 18.5. The molecule has 4 rings (SSSR count). The molecule has 0 saturated carbocycles. The molecule has 34 heavy (non-hydrogen) atoms. The zero-order valence-corrected chi connectivity index (χ0v) is 20.9. The zero-order valence-electron chi connectivity index (χ0n) is 20.1. The summed E-state index contributed by atoms with van der Waals surface area (Å²) in [5, 5.41) is 2.95. The second kappa shape index (κ2) is 10.9. The van der Waals surface area contributed by atoms with Crippen LogP contribution in [0.15, 0.2) is 47.4 Å². The van der Waals surface area contributed by atoms with E-state index in [9.17, 15) is 13.2 Å². The van der Waals surface area contributed by atoms with Gasteiger partial charge < -0.3 is 10.1 Å². The summed E-state index contributed by atoms with van der Waals surface area (Å²) in [6.45, 7) is 5.76. The van der Waals surface area contributed by atoms with Crippen LogP contribution in [0.2, 0.25) is 0 Å². The first-order valence-corrected chi connectivity index (χ1v) is 13.6. The summed E-state index contributed by atoms with van der Waals surface area (Å²) >= 11 is 0. The molecular weight excluding hydrogens is 450 g/mol. The second-order valence-electron chi connectivity index (χ2n) is 9.35. The molecule has 8 heteroatoms. The number of carbonyl (C=O) groups excluding carboxylic acids is 1. The fourth-order valence-corrected chi connectivity index (χ4v) is 6.28. The topological polar surface area (TPSA) is 79.0 Å². The molecule has 7 nitrogen and oxygen atoms in total. The first-order chi connectivity index (χ1) is 16.4. The number of ether oxygens (including phenoxy) is 1. The van der Waals surface area contributed by atoms with Crippen LogP contribution in [0.5, 0.6) is 5.75 Å². The Balaban J connectivity index is 1.39. The number of nitrogens with zero attached hydrogens (tertiary/aromatic N) is 2. The summed E-state index contributed by atoms with van der Waals surface area (Å²) in [5.74, 6) is 0.268. The highest BCUT2D eigenvalue weighted by molar-refractivity contribution is 7.89. The third-order valence-electron chi connectivity index (χ3n) is 6.87. The molecule has 184 valence electrons. The Bertz CT molecular complexity index is 1090. The predicted octanol–water partition coefficient (Wildman–Crippen LogP) is 4.03. The van der Waals surface area contributed by atoms with Gasteiger partial charge in [0, 0.05) is 25.6 Å². The molecular formula is C26H35N3O4S. The van der Waals surface area contributed by atoms with E-state index in [1.165, 1.54) is 28.6 Å². The number of anilines is 1. The summed E-state index contributed by atoms with van der Waals surface area (Å²) < 4.78 is 33.1. The smallest absolute Gasteiger partial charge is 0.243 e. The average molecular weight is 486 g/mol. The highest BCUT2D eigenvalue weighted by atomic mass is 32.2. The minimum Gasteiger partial charge on any atom is -0.495 e. The second-order valence-corrected chi connectivity index (χ2v) is 11.3.